The Kier molecular flexibility index (Phi) is 5.97. The normalized spacial score (nSPS) is 11.8. The minimum Gasteiger partial charge on any atom is -0.480 e. The number of imide groups is 1. The van der Waals surface area contributed by atoms with Crippen LogP contribution in [0.5, 0.6) is 5.75 Å². The zero-order chi connectivity index (χ0) is 15.3. The van der Waals surface area contributed by atoms with E-state index in [0.717, 1.165) is 15.6 Å². The topological polar surface area (TPSA) is 93.4 Å². The van der Waals surface area contributed by atoms with E-state index in [-0.39, 0.29) is 0 Å². The summed E-state index contributed by atoms with van der Waals surface area (Å²) in [6.07, 6.45) is -0.821. The van der Waals surface area contributed by atoms with E-state index in [1.54, 1.807) is 6.92 Å². The van der Waals surface area contributed by atoms with Crippen molar-refractivity contribution in [2.75, 3.05) is 7.05 Å². The van der Waals surface area contributed by atoms with Gasteiger partial charge < -0.3 is 15.8 Å². The summed E-state index contributed by atoms with van der Waals surface area (Å²) >= 11 is 3.42. The van der Waals surface area contributed by atoms with E-state index in [2.05, 4.69) is 21.2 Å². The number of carbonyl (C=O) groups is 2. The average molecular weight is 344 g/mol. The Labute approximate surface area is 126 Å². The summed E-state index contributed by atoms with van der Waals surface area (Å²) in [5, 5.41) is 5.03. The summed E-state index contributed by atoms with van der Waals surface area (Å²) in [4.78, 5) is 22.3. The van der Waals surface area contributed by atoms with Crippen LogP contribution in [0.25, 0.3) is 0 Å². The Bertz CT molecular complexity index is 520. The third-order valence-corrected chi connectivity index (χ3v) is 3.05. The van der Waals surface area contributed by atoms with Crippen molar-refractivity contribution in [2.24, 2.45) is 5.73 Å². The molecule has 0 bridgehead atoms. The molecule has 6 nitrogen and oxygen atoms in total. The lowest BCUT2D eigenvalue weighted by atomic mass is 10.1. The molecule has 0 aliphatic rings. The molecule has 1 unspecified atom stereocenters. The predicted molar refractivity (Wildman–Crippen MR) is 79.5 cm³/mol. The second kappa shape index (κ2) is 7.25. The first-order chi connectivity index (χ1) is 9.35. The Balaban J connectivity index is 2.95. The molecule has 20 heavy (non-hydrogen) atoms. The van der Waals surface area contributed by atoms with Crippen LogP contribution in [0.15, 0.2) is 16.6 Å². The van der Waals surface area contributed by atoms with Gasteiger partial charge in [-0.25, -0.2) is 4.79 Å². The summed E-state index contributed by atoms with van der Waals surface area (Å²) in [5.74, 6) is 0.0462. The molecule has 0 aliphatic carbocycles. The molecule has 1 aromatic carbocycles. The van der Waals surface area contributed by atoms with Crippen LogP contribution in [0.2, 0.25) is 0 Å². The fraction of sp³-hybridized carbons (Fsp3) is 0.385. The SMILES string of the molecule is CNCc1cc(Br)cc(C)c1OC(C)C(=O)NC(N)=O. The molecule has 1 aromatic rings. The molecule has 0 saturated carbocycles. The van der Waals surface area contributed by atoms with Crippen LogP contribution in [-0.2, 0) is 11.3 Å². The number of primary amides is 1. The van der Waals surface area contributed by atoms with E-state index >= 15 is 0 Å². The lowest BCUT2D eigenvalue weighted by molar-refractivity contribution is -0.126. The van der Waals surface area contributed by atoms with Crippen LogP contribution in [0.3, 0.4) is 0 Å². The van der Waals surface area contributed by atoms with E-state index in [4.69, 9.17) is 10.5 Å². The molecule has 1 atom stereocenters. The van der Waals surface area contributed by atoms with Gasteiger partial charge in [0.1, 0.15) is 5.75 Å². The van der Waals surface area contributed by atoms with E-state index in [0.29, 0.717) is 12.3 Å². The molecule has 3 amide bonds. The van der Waals surface area contributed by atoms with Gasteiger partial charge in [-0.2, -0.15) is 0 Å². The first-order valence-corrected chi connectivity index (χ1v) is 6.85. The zero-order valence-corrected chi connectivity index (χ0v) is 13.2. The Morgan fingerprint density at radius 2 is 2.10 bits per heavy atom. The highest BCUT2D eigenvalue weighted by atomic mass is 79.9. The number of rotatable bonds is 5. The minimum absolute atomic E-state index is 0.574. The molecule has 0 heterocycles. The highest BCUT2D eigenvalue weighted by Gasteiger charge is 2.19. The van der Waals surface area contributed by atoms with Crippen molar-refractivity contribution in [3.8, 4) is 5.75 Å². The van der Waals surface area contributed by atoms with Gasteiger partial charge in [0.15, 0.2) is 6.10 Å². The van der Waals surface area contributed by atoms with Crippen LogP contribution in [0.4, 0.5) is 4.79 Å². The average Bonchev–Trinajstić information content (AvgIpc) is 2.32. The maximum absolute atomic E-state index is 11.6. The molecule has 0 radical (unpaired) electrons. The lowest BCUT2D eigenvalue weighted by Gasteiger charge is -2.19. The molecule has 7 heteroatoms. The van der Waals surface area contributed by atoms with E-state index in [9.17, 15) is 9.59 Å². The minimum atomic E-state index is -0.895. The fourth-order valence-corrected chi connectivity index (χ4v) is 2.36. The van der Waals surface area contributed by atoms with Crippen LogP contribution < -0.4 is 21.1 Å². The molecule has 0 saturated heterocycles. The van der Waals surface area contributed by atoms with Crippen LogP contribution >= 0.6 is 15.9 Å². The van der Waals surface area contributed by atoms with Gasteiger partial charge in [0.05, 0.1) is 0 Å². The predicted octanol–water partition coefficient (Wildman–Crippen LogP) is 1.44. The number of aryl methyl sites for hydroxylation is 1. The van der Waals surface area contributed by atoms with Crippen molar-refractivity contribution in [2.45, 2.75) is 26.5 Å². The van der Waals surface area contributed by atoms with E-state index in [1.165, 1.54) is 0 Å². The molecular formula is C13H18BrN3O3. The fourth-order valence-electron chi connectivity index (χ4n) is 1.74. The Morgan fingerprint density at radius 1 is 1.45 bits per heavy atom. The molecule has 1 rings (SSSR count). The summed E-state index contributed by atoms with van der Waals surface area (Å²) in [6.45, 7) is 4.04. The number of ether oxygens (including phenoxy) is 1. The Hall–Kier alpha value is -1.60. The van der Waals surface area contributed by atoms with Crippen molar-refractivity contribution < 1.29 is 14.3 Å². The highest BCUT2D eigenvalue weighted by Crippen LogP contribution is 2.29. The molecule has 110 valence electrons. The van der Waals surface area contributed by atoms with Crippen molar-refractivity contribution >= 4 is 27.9 Å². The lowest BCUT2D eigenvalue weighted by Crippen LogP contribution is -2.42. The van der Waals surface area contributed by atoms with Gasteiger partial charge >= 0.3 is 6.03 Å². The summed E-state index contributed by atoms with van der Waals surface area (Å²) in [6, 6.07) is 2.92. The molecule has 0 fully saturated rings. The third-order valence-electron chi connectivity index (χ3n) is 2.59. The number of amides is 3. The number of benzene rings is 1. The van der Waals surface area contributed by atoms with Crippen molar-refractivity contribution in [1.29, 1.82) is 0 Å². The van der Waals surface area contributed by atoms with Crippen LogP contribution in [-0.4, -0.2) is 25.1 Å². The molecular weight excluding hydrogens is 326 g/mol. The van der Waals surface area contributed by atoms with E-state index in [1.807, 2.05) is 31.4 Å². The second-order valence-electron chi connectivity index (χ2n) is 4.35. The molecule has 0 aromatic heterocycles. The Morgan fingerprint density at radius 3 is 2.65 bits per heavy atom. The quantitative estimate of drug-likeness (QED) is 0.754. The first kappa shape index (κ1) is 16.5. The number of carbonyl (C=O) groups excluding carboxylic acids is 2. The summed E-state index contributed by atoms with van der Waals surface area (Å²) < 4.78 is 6.60. The number of urea groups is 1. The number of nitrogens with one attached hydrogen (secondary N) is 2. The number of hydrogen-bond donors (Lipinski definition) is 3. The van der Waals surface area contributed by atoms with Gasteiger partial charge in [0, 0.05) is 16.6 Å². The molecule has 0 aliphatic heterocycles. The highest BCUT2D eigenvalue weighted by molar-refractivity contribution is 9.10. The van der Waals surface area contributed by atoms with Gasteiger partial charge in [-0.3, -0.25) is 10.1 Å². The van der Waals surface area contributed by atoms with Gasteiger partial charge in [-0.15, -0.1) is 0 Å². The number of halogens is 1. The van der Waals surface area contributed by atoms with Gasteiger partial charge in [-0.1, -0.05) is 15.9 Å². The largest absolute Gasteiger partial charge is 0.480 e. The third kappa shape index (κ3) is 4.50. The maximum Gasteiger partial charge on any atom is 0.318 e. The van der Waals surface area contributed by atoms with Crippen molar-refractivity contribution in [3.63, 3.8) is 0 Å². The van der Waals surface area contributed by atoms with Crippen LogP contribution in [0, 0.1) is 6.92 Å². The number of nitrogens with two attached hydrogens (primary N) is 1. The smallest absolute Gasteiger partial charge is 0.318 e. The first-order valence-electron chi connectivity index (χ1n) is 6.05. The summed E-state index contributed by atoms with van der Waals surface area (Å²) in [7, 11) is 1.82. The van der Waals surface area contributed by atoms with Gasteiger partial charge in [0.2, 0.25) is 0 Å². The van der Waals surface area contributed by atoms with E-state index < -0.39 is 18.0 Å². The zero-order valence-electron chi connectivity index (χ0n) is 11.6. The van der Waals surface area contributed by atoms with Gasteiger partial charge in [-0.05, 0) is 38.6 Å². The standard InChI is InChI=1S/C13H18BrN3O3/c1-7-4-10(14)5-9(6-16-3)11(7)20-8(2)12(18)17-13(15)19/h4-5,8,16H,6H2,1-3H3,(H3,15,17,18,19). The van der Waals surface area contributed by atoms with Gasteiger partial charge in [0.25, 0.3) is 5.91 Å². The second-order valence-corrected chi connectivity index (χ2v) is 5.27. The molecule has 4 N–H and O–H groups in total. The summed E-state index contributed by atoms with van der Waals surface area (Å²) in [5.41, 5.74) is 6.72. The maximum atomic E-state index is 11.6. The number of hydrogen-bond acceptors (Lipinski definition) is 4. The van der Waals surface area contributed by atoms with Crippen molar-refractivity contribution in [3.05, 3.63) is 27.7 Å². The monoisotopic (exact) mass is 343 g/mol. The molecule has 0 spiro atoms. The van der Waals surface area contributed by atoms with Crippen LogP contribution in [0.1, 0.15) is 18.1 Å². The van der Waals surface area contributed by atoms with Crippen molar-refractivity contribution in [1.82, 2.24) is 10.6 Å².